The van der Waals surface area contributed by atoms with E-state index >= 15 is 0 Å². The van der Waals surface area contributed by atoms with E-state index in [1.165, 1.54) is 7.11 Å². The highest BCUT2D eigenvalue weighted by molar-refractivity contribution is 7.80. The molecule has 1 amide bonds. The number of carbonyl (C=O) groups is 1. The molecule has 158 valence electrons. The van der Waals surface area contributed by atoms with Crippen molar-refractivity contribution in [2.75, 3.05) is 19.0 Å². The van der Waals surface area contributed by atoms with Crippen LogP contribution in [0.5, 0.6) is 11.5 Å². The van der Waals surface area contributed by atoms with Crippen molar-refractivity contribution in [3.8, 4) is 11.5 Å². The summed E-state index contributed by atoms with van der Waals surface area (Å²) in [5.74, 6) is 0.623. The zero-order chi connectivity index (χ0) is 21.8. The molecule has 1 aliphatic heterocycles. The van der Waals surface area contributed by atoms with Crippen molar-refractivity contribution in [3.63, 3.8) is 0 Å². The number of anilines is 1. The van der Waals surface area contributed by atoms with E-state index in [9.17, 15) is 4.79 Å². The lowest BCUT2D eigenvalue weighted by Crippen LogP contribution is -2.45. The van der Waals surface area contributed by atoms with Gasteiger partial charge in [-0.2, -0.15) is 0 Å². The van der Waals surface area contributed by atoms with Gasteiger partial charge in [-0.25, -0.2) is 0 Å². The zero-order valence-corrected chi connectivity index (χ0v) is 19.0. The SMILES string of the molecule is CCOc1cc(C2NC(=S)NC(C)=C2C(=O)Nc2cccc(Cl)c2)cc(Cl)c1OC. The lowest BCUT2D eigenvalue weighted by atomic mass is 9.94. The van der Waals surface area contributed by atoms with Gasteiger partial charge in [0.1, 0.15) is 0 Å². The Hall–Kier alpha value is -2.48. The third-order valence-electron chi connectivity index (χ3n) is 4.47. The molecule has 1 heterocycles. The summed E-state index contributed by atoms with van der Waals surface area (Å²) in [5, 5.41) is 10.3. The highest BCUT2D eigenvalue weighted by Crippen LogP contribution is 2.40. The Morgan fingerprint density at radius 2 is 2.03 bits per heavy atom. The lowest BCUT2D eigenvalue weighted by Gasteiger charge is -2.31. The molecular formula is C21H21Cl2N3O3S. The summed E-state index contributed by atoms with van der Waals surface area (Å²) < 4.78 is 11.0. The second-order valence-electron chi connectivity index (χ2n) is 6.50. The van der Waals surface area contributed by atoms with Crippen molar-refractivity contribution in [1.29, 1.82) is 0 Å². The molecule has 0 saturated carbocycles. The monoisotopic (exact) mass is 465 g/mol. The first kappa shape index (κ1) is 22.2. The molecule has 2 aromatic carbocycles. The summed E-state index contributed by atoms with van der Waals surface area (Å²) in [6, 6.07) is 9.92. The van der Waals surface area contributed by atoms with Crippen LogP contribution < -0.4 is 25.4 Å². The fraction of sp³-hybridized carbons (Fsp3) is 0.238. The summed E-state index contributed by atoms with van der Waals surface area (Å²) in [6.45, 7) is 4.10. The van der Waals surface area contributed by atoms with Gasteiger partial charge in [-0.3, -0.25) is 4.79 Å². The number of rotatable bonds is 6. The Morgan fingerprint density at radius 1 is 1.27 bits per heavy atom. The number of nitrogens with one attached hydrogen (secondary N) is 3. The van der Waals surface area contributed by atoms with Gasteiger partial charge in [-0.1, -0.05) is 29.3 Å². The second kappa shape index (κ2) is 9.55. The number of halogens is 2. The van der Waals surface area contributed by atoms with Gasteiger partial charge in [-0.05, 0) is 62.0 Å². The van der Waals surface area contributed by atoms with Gasteiger partial charge in [0, 0.05) is 16.4 Å². The number of ether oxygens (including phenoxy) is 2. The fourth-order valence-corrected chi connectivity index (χ4v) is 3.98. The van der Waals surface area contributed by atoms with E-state index in [2.05, 4.69) is 16.0 Å². The average molecular weight is 466 g/mol. The minimum Gasteiger partial charge on any atom is -0.491 e. The summed E-state index contributed by atoms with van der Waals surface area (Å²) >= 11 is 17.8. The van der Waals surface area contributed by atoms with E-state index in [1.54, 1.807) is 43.3 Å². The molecule has 1 atom stereocenters. The maximum Gasteiger partial charge on any atom is 0.255 e. The zero-order valence-electron chi connectivity index (χ0n) is 16.6. The molecule has 0 bridgehead atoms. The molecular weight excluding hydrogens is 445 g/mol. The number of carbonyl (C=O) groups excluding carboxylic acids is 1. The first-order valence-corrected chi connectivity index (χ1v) is 10.4. The average Bonchev–Trinajstić information content (AvgIpc) is 2.67. The molecule has 0 aromatic heterocycles. The van der Waals surface area contributed by atoms with E-state index in [4.69, 9.17) is 44.9 Å². The molecule has 6 nitrogen and oxygen atoms in total. The molecule has 3 N–H and O–H groups in total. The van der Waals surface area contributed by atoms with Crippen LogP contribution in [0.3, 0.4) is 0 Å². The van der Waals surface area contributed by atoms with Crippen LogP contribution in [0.4, 0.5) is 5.69 Å². The Bertz CT molecular complexity index is 1030. The van der Waals surface area contributed by atoms with E-state index in [1.807, 2.05) is 6.92 Å². The maximum absolute atomic E-state index is 13.2. The van der Waals surface area contributed by atoms with Gasteiger partial charge in [0.15, 0.2) is 16.6 Å². The molecule has 1 aliphatic rings. The number of thiocarbonyl (C=S) groups is 1. The van der Waals surface area contributed by atoms with Crippen LogP contribution in [-0.4, -0.2) is 24.7 Å². The number of hydrogen-bond donors (Lipinski definition) is 3. The lowest BCUT2D eigenvalue weighted by molar-refractivity contribution is -0.113. The molecule has 30 heavy (non-hydrogen) atoms. The molecule has 9 heteroatoms. The van der Waals surface area contributed by atoms with Crippen molar-refractivity contribution in [3.05, 3.63) is 63.3 Å². The number of methoxy groups -OCH3 is 1. The van der Waals surface area contributed by atoms with Crippen LogP contribution in [0.1, 0.15) is 25.5 Å². The quantitative estimate of drug-likeness (QED) is 0.530. The summed E-state index contributed by atoms with van der Waals surface area (Å²) in [4.78, 5) is 13.2. The highest BCUT2D eigenvalue weighted by Gasteiger charge is 2.31. The van der Waals surface area contributed by atoms with Crippen LogP contribution in [0.15, 0.2) is 47.7 Å². The third-order valence-corrected chi connectivity index (χ3v) is 5.20. The van der Waals surface area contributed by atoms with E-state index in [-0.39, 0.29) is 5.91 Å². The first-order valence-electron chi connectivity index (χ1n) is 9.19. The number of allylic oxidation sites excluding steroid dienone is 1. The normalized spacial score (nSPS) is 15.9. The van der Waals surface area contributed by atoms with Gasteiger partial charge in [0.05, 0.1) is 30.4 Å². The van der Waals surface area contributed by atoms with Crippen LogP contribution in [0.25, 0.3) is 0 Å². The van der Waals surface area contributed by atoms with Crippen molar-refractivity contribution in [2.45, 2.75) is 19.9 Å². The van der Waals surface area contributed by atoms with Crippen molar-refractivity contribution >= 4 is 52.1 Å². The molecule has 0 fully saturated rings. The van der Waals surface area contributed by atoms with Crippen molar-refractivity contribution < 1.29 is 14.3 Å². The van der Waals surface area contributed by atoms with E-state index in [0.29, 0.717) is 55.8 Å². The summed E-state index contributed by atoms with van der Waals surface area (Å²) in [5.41, 5.74) is 2.39. The number of amides is 1. The predicted octanol–water partition coefficient (Wildman–Crippen LogP) is 4.83. The Labute approximate surface area is 190 Å². The van der Waals surface area contributed by atoms with E-state index in [0.717, 1.165) is 0 Å². The molecule has 0 radical (unpaired) electrons. The van der Waals surface area contributed by atoms with Crippen LogP contribution in [0, 0.1) is 0 Å². The Balaban J connectivity index is 2.02. The minimum atomic E-state index is -0.541. The molecule has 1 unspecified atom stereocenters. The van der Waals surface area contributed by atoms with Crippen LogP contribution >= 0.6 is 35.4 Å². The first-order chi connectivity index (χ1) is 14.3. The smallest absolute Gasteiger partial charge is 0.255 e. The predicted molar refractivity (Wildman–Crippen MR) is 124 cm³/mol. The molecule has 0 saturated heterocycles. The van der Waals surface area contributed by atoms with Gasteiger partial charge >= 0.3 is 0 Å². The van der Waals surface area contributed by atoms with Gasteiger partial charge in [0.2, 0.25) is 0 Å². The highest BCUT2D eigenvalue weighted by atomic mass is 35.5. The maximum atomic E-state index is 13.2. The summed E-state index contributed by atoms with van der Waals surface area (Å²) in [7, 11) is 1.52. The Kier molecular flexibility index (Phi) is 7.07. The Morgan fingerprint density at radius 3 is 2.70 bits per heavy atom. The molecule has 2 aromatic rings. The van der Waals surface area contributed by atoms with Gasteiger partial charge in [0.25, 0.3) is 5.91 Å². The molecule has 3 rings (SSSR count). The topological polar surface area (TPSA) is 71.6 Å². The van der Waals surface area contributed by atoms with Gasteiger partial charge in [-0.15, -0.1) is 0 Å². The van der Waals surface area contributed by atoms with Gasteiger partial charge < -0.3 is 25.4 Å². The standard InChI is InChI=1S/C21H21Cl2N3O3S/c1-4-29-16-9-12(8-15(23)19(16)28-3)18-17(11(2)24-21(30)26-18)20(27)25-14-7-5-6-13(22)10-14/h5-10,18H,4H2,1-3H3,(H,25,27)(H2,24,26,30). The number of benzene rings is 2. The van der Waals surface area contributed by atoms with Crippen molar-refractivity contribution in [1.82, 2.24) is 10.6 Å². The van der Waals surface area contributed by atoms with Crippen molar-refractivity contribution in [2.24, 2.45) is 0 Å². The van der Waals surface area contributed by atoms with Crippen LogP contribution in [0.2, 0.25) is 10.0 Å². The molecule has 0 aliphatic carbocycles. The third kappa shape index (κ3) is 4.80. The number of hydrogen-bond acceptors (Lipinski definition) is 4. The fourth-order valence-electron chi connectivity index (χ4n) is 3.23. The molecule has 0 spiro atoms. The van der Waals surface area contributed by atoms with Crippen LogP contribution in [-0.2, 0) is 4.79 Å². The largest absolute Gasteiger partial charge is 0.491 e. The van der Waals surface area contributed by atoms with E-state index < -0.39 is 6.04 Å². The second-order valence-corrected chi connectivity index (χ2v) is 7.75. The summed E-state index contributed by atoms with van der Waals surface area (Å²) in [6.07, 6.45) is 0. The minimum absolute atomic E-state index is 0.299.